The molecule has 3 N–H and O–H groups in total. The fraction of sp³-hybridized carbons (Fsp3) is 0.593. The number of hydrogen-bond donors (Lipinski definition) is 3. The molecule has 0 aromatic heterocycles. The van der Waals surface area contributed by atoms with Crippen LogP contribution in [0.2, 0.25) is 0 Å². The van der Waals surface area contributed by atoms with Gasteiger partial charge in [-0.1, -0.05) is 57.5 Å². The number of carbonyl (C=O) groups excluding carboxylic acids is 1. The molecular formula is C27H40N2O5S2. The summed E-state index contributed by atoms with van der Waals surface area (Å²) >= 11 is 0. The van der Waals surface area contributed by atoms with E-state index < -0.39 is 44.9 Å². The monoisotopic (exact) mass is 536 g/mol. The molecule has 200 valence electrons. The van der Waals surface area contributed by atoms with Gasteiger partial charge in [-0.25, -0.2) is 13.1 Å². The van der Waals surface area contributed by atoms with Crippen molar-refractivity contribution >= 4 is 37.5 Å². The number of rotatable bonds is 11. The van der Waals surface area contributed by atoms with Crippen molar-refractivity contribution in [1.82, 2.24) is 10.0 Å². The van der Waals surface area contributed by atoms with Gasteiger partial charge in [0, 0.05) is 4.90 Å². The summed E-state index contributed by atoms with van der Waals surface area (Å²) in [7, 11) is -5.35. The topological polar surface area (TPSA) is 113 Å². The standard InChI is InChI=1S/C27H40N2O5S2/c1-5-24(26(30)16-21-11-10-18(2)14-19(21)3)28-27(31)25(29-36(4,33)34)17-35(32)23-13-12-20-8-6-7-9-22(20)15-23/h6-9,12-13,15,18-19,21,24-26,29-30H,5,10-11,14,16-17H2,1-4H3,(H,28,31)/t18?,19?,21?,24-,25+,26+,35?/m0/s1. The number of benzene rings is 2. The van der Waals surface area contributed by atoms with Crippen molar-refractivity contribution in [2.24, 2.45) is 17.8 Å². The Hall–Kier alpha value is -1.81. The highest BCUT2D eigenvalue weighted by molar-refractivity contribution is 7.89. The number of aliphatic hydroxyl groups excluding tert-OH is 1. The fourth-order valence-electron chi connectivity index (χ4n) is 5.28. The third-order valence-corrected chi connectivity index (χ3v) is 9.49. The van der Waals surface area contributed by atoms with E-state index in [-0.39, 0.29) is 5.75 Å². The summed E-state index contributed by atoms with van der Waals surface area (Å²) in [6.45, 7) is 6.36. The molecule has 4 unspecified atom stereocenters. The van der Waals surface area contributed by atoms with Crippen LogP contribution in [0.5, 0.6) is 0 Å². The zero-order chi connectivity index (χ0) is 26.5. The first kappa shape index (κ1) is 28.8. The number of carbonyl (C=O) groups is 1. The molecule has 0 aliphatic heterocycles. The second-order valence-electron chi connectivity index (χ2n) is 10.4. The zero-order valence-electron chi connectivity index (χ0n) is 21.6. The normalized spacial score (nSPS) is 24.1. The molecule has 36 heavy (non-hydrogen) atoms. The second kappa shape index (κ2) is 12.6. The van der Waals surface area contributed by atoms with E-state index in [1.807, 2.05) is 37.3 Å². The largest absolute Gasteiger partial charge is 0.391 e. The predicted molar refractivity (Wildman–Crippen MR) is 146 cm³/mol. The molecule has 0 radical (unpaired) electrons. The number of sulfonamides is 1. The Balaban J connectivity index is 1.70. The average Bonchev–Trinajstić information content (AvgIpc) is 2.82. The van der Waals surface area contributed by atoms with Crippen LogP contribution < -0.4 is 10.0 Å². The second-order valence-corrected chi connectivity index (χ2v) is 13.7. The number of aliphatic hydroxyl groups is 1. The molecule has 1 saturated carbocycles. The van der Waals surface area contributed by atoms with E-state index in [1.165, 1.54) is 0 Å². The van der Waals surface area contributed by atoms with Crippen molar-refractivity contribution in [2.75, 3.05) is 12.0 Å². The molecule has 2 aromatic rings. The van der Waals surface area contributed by atoms with Crippen molar-refractivity contribution in [1.29, 1.82) is 0 Å². The quantitative estimate of drug-likeness (QED) is 0.406. The van der Waals surface area contributed by atoms with Gasteiger partial charge in [-0.3, -0.25) is 9.00 Å². The Morgan fingerprint density at radius 1 is 1.14 bits per heavy atom. The minimum absolute atomic E-state index is 0.207. The minimum Gasteiger partial charge on any atom is -0.391 e. The number of amides is 1. The van der Waals surface area contributed by atoms with Crippen LogP contribution >= 0.6 is 0 Å². The summed E-state index contributed by atoms with van der Waals surface area (Å²) in [4.78, 5) is 13.7. The summed E-state index contributed by atoms with van der Waals surface area (Å²) in [6.07, 6.45) is 4.69. The molecule has 1 aliphatic carbocycles. The Morgan fingerprint density at radius 3 is 2.47 bits per heavy atom. The van der Waals surface area contributed by atoms with Crippen LogP contribution in [0.25, 0.3) is 10.8 Å². The van der Waals surface area contributed by atoms with Crippen LogP contribution in [-0.2, 0) is 25.6 Å². The zero-order valence-corrected chi connectivity index (χ0v) is 23.3. The summed E-state index contributed by atoms with van der Waals surface area (Å²) in [6, 6.07) is 11.3. The maximum atomic E-state index is 13.2. The maximum absolute atomic E-state index is 13.2. The molecule has 0 heterocycles. The van der Waals surface area contributed by atoms with Gasteiger partial charge in [-0.2, -0.15) is 0 Å². The van der Waals surface area contributed by atoms with Crippen LogP contribution in [-0.4, -0.2) is 53.8 Å². The van der Waals surface area contributed by atoms with E-state index in [4.69, 9.17) is 0 Å². The van der Waals surface area contributed by atoms with Gasteiger partial charge in [-0.05, 0) is 66.3 Å². The fourth-order valence-corrected chi connectivity index (χ4v) is 7.31. The molecular weight excluding hydrogens is 496 g/mol. The summed E-state index contributed by atoms with van der Waals surface area (Å²) < 4.78 is 39.5. The van der Waals surface area contributed by atoms with Gasteiger partial charge < -0.3 is 10.4 Å². The molecule has 0 spiro atoms. The molecule has 7 nitrogen and oxygen atoms in total. The van der Waals surface area contributed by atoms with Crippen LogP contribution in [0.4, 0.5) is 0 Å². The van der Waals surface area contributed by atoms with Crippen molar-refractivity contribution in [3.8, 4) is 0 Å². The Labute approximate surface area is 218 Å². The molecule has 0 saturated heterocycles. The van der Waals surface area contributed by atoms with E-state index in [0.29, 0.717) is 35.5 Å². The molecule has 9 heteroatoms. The van der Waals surface area contributed by atoms with Crippen molar-refractivity contribution in [3.05, 3.63) is 42.5 Å². The number of nitrogens with one attached hydrogen (secondary N) is 2. The van der Waals surface area contributed by atoms with E-state index in [2.05, 4.69) is 23.9 Å². The lowest BCUT2D eigenvalue weighted by atomic mass is 9.73. The van der Waals surface area contributed by atoms with Gasteiger partial charge in [0.05, 0.1) is 35.0 Å². The molecule has 1 aliphatic rings. The summed E-state index contributed by atoms with van der Waals surface area (Å²) in [5.41, 5.74) is 0. The smallest absolute Gasteiger partial charge is 0.239 e. The lowest BCUT2D eigenvalue weighted by Crippen LogP contribution is -2.54. The third kappa shape index (κ3) is 8.10. The van der Waals surface area contributed by atoms with Crippen molar-refractivity contribution < 1.29 is 22.5 Å². The maximum Gasteiger partial charge on any atom is 0.239 e. The van der Waals surface area contributed by atoms with E-state index in [9.17, 15) is 22.5 Å². The van der Waals surface area contributed by atoms with E-state index >= 15 is 0 Å². The van der Waals surface area contributed by atoms with Gasteiger partial charge in [0.2, 0.25) is 15.9 Å². The average molecular weight is 537 g/mol. The molecule has 1 amide bonds. The van der Waals surface area contributed by atoms with Gasteiger partial charge in [-0.15, -0.1) is 0 Å². The molecule has 1 fully saturated rings. The molecule has 7 atom stereocenters. The first-order valence-corrected chi connectivity index (χ1v) is 16.0. The van der Waals surface area contributed by atoms with Crippen LogP contribution in [0, 0.1) is 17.8 Å². The Bertz CT molecular complexity index is 1170. The summed E-state index contributed by atoms with van der Waals surface area (Å²) in [5.74, 6) is 0.821. The van der Waals surface area contributed by atoms with Gasteiger partial charge in [0.15, 0.2) is 0 Å². The van der Waals surface area contributed by atoms with Crippen LogP contribution in [0.1, 0.15) is 52.9 Å². The van der Waals surface area contributed by atoms with Crippen molar-refractivity contribution in [3.63, 3.8) is 0 Å². The SMILES string of the molecule is CC[C@H](NC(=O)[C@@H](CS(=O)c1ccc2ccccc2c1)NS(C)(=O)=O)[C@H](O)CC1CCC(C)CC1C. The summed E-state index contributed by atoms with van der Waals surface area (Å²) in [5, 5.41) is 15.7. The van der Waals surface area contributed by atoms with Gasteiger partial charge in [0.25, 0.3) is 0 Å². The number of hydrogen-bond acceptors (Lipinski definition) is 5. The Kier molecular flexibility index (Phi) is 10.1. The number of fused-ring (bicyclic) bond motifs is 1. The Morgan fingerprint density at radius 2 is 1.83 bits per heavy atom. The lowest BCUT2D eigenvalue weighted by Gasteiger charge is -2.35. The highest BCUT2D eigenvalue weighted by atomic mass is 32.2. The lowest BCUT2D eigenvalue weighted by molar-refractivity contribution is -0.124. The van der Waals surface area contributed by atoms with Gasteiger partial charge in [0.1, 0.15) is 6.04 Å². The van der Waals surface area contributed by atoms with Crippen LogP contribution in [0.15, 0.2) is 47.4 Å². The predicted octanol–water partition coefficient (Wildman–Crippen LogP) is 3.58. The van der Waals surface area contributed by atoms with Gasteiger partial charge >= 0.3 is 0 Å². The van der Waals surface area contributed by atoms with E-state index in [1.54, 1.807) is 12.1 Å². The first-order chi connectivity index (χ1) is 17.0. The third-order valence-electron chi connectivity index (χ3n) is 7.36. The highest BCUT2D eigenvalue weighted by Crippen LogP contribution is 2.36. The first-order valence-electron chi connectivity index (χ1n) is 12.8. The molecule has 2 aromatic carbocycles. The highest BCUT2D eigenvalue weighted by Gasteiger charge is 2.32. The minimum atomic E-state index is -3.74. The van der Waals surface area contributed by atoms with Crippen molar-refractivity contribution in [2.45, 2.75) is 76.0 Å². The van der Waals surface area contributed by atoms with E-state index in [0.717, 1.165) is 36.3 Å². The molecule has 0 bridgehead atoms. The van der Waals surface area contributed by atoms with Crippen LogP contribution in [0.3, 0.4) is 0 Å². The molecule has 3 rings (SSSR count).